The van der Waals surface area contributed by atoms with E-state index in [0.717, 1.165) is 17.0 Å². The van der Waals surface area contributed by atoms with Gasteiger partial charge in [0.1, 0.15) is 5.75 Å². The molecule has 8 heteroatoms. The molecule has 7 nitrogen and oxygen atoms in total. The van der Waals surface area contributed by atoms with Crippen LogP contribution in [0.4, 0.5) is 5.95 Å². The lowest BCUT2D eigenvalue weighted by Crippen LogP contribution is -2.49. The van der Waals surface area contributed by atoms with Crippen LogP contribution in [0.2, 0.25) is 0 Å². The molecule has 142 valence electrons. The molecule has 27 heavy (non-hydrogen) atoms. The molecule has 3 aromatic rings. The van der Waals surface area contributed by atoms with Crippen molar-refractivity contribution in [3.05, 3.63) is 48.0 Å². The molecule has 1 saturated heterocycles. The highest BCUT2D eigenvalue weighted by Crippen LogP contribution is 2.24. The number of benzene rings is 2. The van der Waals surface area contributed by atoms with Gasteiger partial charge in [-0.05, 0) is 36.8 Å². The summed E-state index contributed by atoms with van der Waals surface area (Å²) in [5.74, 6) is 1.32. The molecule has 2 aromatic carbocycles. The molecule has 0 radical (unpaired) electrons. The third-order valence-electron chi connectivity index (χ3n) is 4.84. The fraction of sp³-hybridized carbons (Fsp3) is 0.316. The first-order chi connectivity index (χ1) is 13.0. The number of sulfonamides is 1. The number of hydrogen-bond donors (Lipinski definition) is 1. The minimum atomic E-state index is -3.53. The second-order valence-electron chi connectivity index (χ2n) is 6.65. The minimum Gasteiger partial charge on any atom is -0.497 e. The third kappa shape index (κ3) is 3.38. The monoisotopic (exact) mass is 386 g/mol. The maximum absolute atomic E-state index is 12.9. The number of aryl methyl sites for hydroxylation is 1. The number of nitrogens with zero attached hydrogens (tertiary/aromatic N) is 3. The number of aromatic nitrogens is 2. The Morgan fingerprint density at radius 1 is 1.07 bits per heavy atom. The molecule has 1 aromatic heterocycles. The summed E-state index contributed by atoms with van der Waals surface area (Å²) in [4.78, 5) is 10.3. The zero-order valence-corrected chi connectivity index (χ0v) is 16.2. The Kier molecular flexibility index (Phi) is 4.53. The summed E-state index contributed by atoms with van der Waals surface area (Å²) in [6, 6.07) is 12.7. The topological polar surface area (TPSA) is 78.5 Å². The Hall–Kier alpha value is -2.58. The minimum absolute atomic E-state index is 0.259. The molecular formula is C19H22N4O3S. The summed E-state index contributed by atoms with van der Waals surface area (Å²) in [7, 11) is -2.01. The van der Waals surface area contributed by atoms with Crippen LogP contribution in [0.3, 0.4) is 0 Å². The van der Waals surface area contributed by atoms with Crippen molar-refractivity contribution in [3.8, 4) is 5.75 Å². The van der Waals surface area contributed by atoms with Crippen LogP contribution in [0.1, 0.15) is 5.56 Å². The molecule has 0 saturated carbocycles. The third-order valence-corrected chi connectivity index (χ3v) is 6.74. The molecule has 0 bridgehead atoms. The standard InChI is InChI=1S/C19H22N4O3S/c1-14-6-7-17-18(12-14)21-19(20-17)22-8-10-23(11-9-22)27(24,25)16-5-3-4-15(13-16)26-2/h3-7,12-13H,8-11H2,1-2H3,(H,20,21). The second-order valence-corrected chi connectivity index (χ2v) is 8.59. The Morgan fingerprint density at radius 3 is 2.59 bits per heavy atom. The van der Waals surface area contributed by atoms with E-state index in [1.807, 2.05) is 19.1 Å². The Labute approximate surface area is 158 Å². The van der Waals surface area contributed by atoms with Crippen LogP contribution in [-0.4, -0.2) is 56.0 Å². The predicted molar refractivity (Wildman–Crippen MR) is 105 cm³/mol. The van der Waals surface area contributed by atoms with Gasteiger partial charge < -0.3 is 14.6 Å². The smallest absolute Gasteiger partial charge is 0.243 e. The lowest BCUT2D eigenvalue weighted by Gasteiger charge is -2.33. The van der Waals surface area contributed by atoms with Crippen molar-refractivity contribution in [3.63, 3.8) is 0 Å². The van der Waals surface area contributed by atoms with Gasteiger partial charge >= 0.3 is 0 Å². The number of methoxy groups -OCH3 is 1. The quantitative estimate of drug-likeness (QED) is 0.745. The van der Waals surface area contributed by atoms with Crippen LogP contribution in [0.25, 0.3) is 11.0 Å². The molecule has 1 aliphatic heterocycles. The van der Waals surface area contributed by atoms with Crippen LogP contribution in [0.15, 0.2) is 47.4 Å². The van der Waals surface area contributed by atoms with Crippen molar-refractivity contribution >= 4 is 27.0 Å². The molecule has 0 aliphatic carbocycles. The first-order valence-corrected chi connectivity index (χ1v) is 10.3. The lowest BCUT2D eigenvalue weighted by molar-refractivity contribution is 0.382. The molecule has 4 rings (SSSR count). The summed E-state index contributed by atoms with van der Waals surface area (Å²) in [5, 5.41) is 0. The van der Waals surface area contributed by atoms with Gasteiger partial charge in [-0.3, -0.25) is 0 Å². The number of ether oxygens (including phenoxy) is 1. The number of imidazole rings is 1. The van der Waals surface area contributed by atoms with Gasteiger partial charge in [0.25, 0.3) is 0 Å². The molecule has 1 N–H and O–H groups in total. The maximum atomic E-state index is 12.9. The number of fused-ring (bicyclic) bond motifs is 1. The molecule has 1 aliphatic rings. The fourth-order valence-corrected chi connectivity index (χ4v) is 4.77. The van der Waals surface area contributed by atoms with E-state index >= 15 is 0 Å². The number of hydrogen-bond acceptors (Lipinski definition) is 5. The first kappa shape index (κ1) is 17.8. The summed E-state index contributed by atoms with van der Waals surface area (Å²) in [5.41, 5.74) is 3.09. The second kappa shape index (κ2) is 6.86. The lowest BCUT2D eigenvalue weighted by atomic mass is 10.2. The van der Waals surface area contributed by atoms with E-state index < -0.39 is 10.0 Å². The van der Waals surface area contributed by atoms with Gasteiger partial charge in [-0.1, -0.05) is 12.1 Å². The van der Waals surface area contributed by atoms with E-state index in [9.17, 15) is 8.42 Å². The van der Waals surface area contributed by atoms with Crippen molar-refractivity contribution in [2.75, 3.05) is 38.2 Å². The van der Waals surface area contributed by atoms with E-state index in [0.29, 0.717) is 31.9 Å². The molecule has 1 fully saturated rings. The number of nitrogens with one attached hydrogen (secondary N) is 1. The molecule has 0 amide bonds. The van der Waals surface area contributed by atoms with E-state index in [2.05, 4.69) is 20.9 Å². The average molecular weight is 386 g/mol. The number of H-pyrrole nitrogens is 1. The van der Waals surface area contributed by atoms with Crippen LogP contribution in [-0.2, 0) is 10.0 Å². The number of aromatic amines is 1. The van der Waals surface area contributed by atoms with E-state index in [4.69, 9.17) is 4.74 Å². The first-order valence-electron chi connectivity index (χ1n) is 8.83. The van der Waals surface area contributed by atoms with Crippen LogP contribution in [0.5, 0.6) is 5.75 Å². The number of rotatable bonds is 4. The number of piperazine rings is 1. The van der Waals surface area contributed by atoms with Crippen LogP contribution < -0.4 is 9.64 Å². The largest absolute Gasteiger partial charge is 0.497 e. The number of anilines is 1. The van der Waals surface area contributed by atoms with Gasteiger partial charge in [-0.2, -0.15) is 4.31 Å². The molecule has 2 heterocycles. The predicted octanol–water partition coefficient (Wildman–Crippen LogP) is 2.39. The van der Waals surface area contributed by atoms with Gasteiger partial charge in [-0.25, -0.2) is 13.4 Å². The van der Waals surface area contributed by atoms with E-state index in [-0.39, 0.29) is 4.90 Å². The SMILES string of the molecule is COc1cccc(S(=O)(=O)N2CCN(c3nc4ccc(C)cc4[nH]3)CC2)c1. The average Bonchev–Trinajstić information content (AvgIpc) is 3.11. The highest BCUT2D eigenvalue weighted by atomic mass is 32.2. The van der Waals surface area contributed by atoms with Crippen molar-refractivity contribution in [1.29, 1.82) is 0 Å². The molecule has 0 unspecified atom stereocenters. The van der Waals surface area contributed by atoms with Gasteiger partial charge in [0.15, 0.2) is 0 Å². The van der Waals surface area contributed by atoms with Crippen molar-refractivity contribution < 1.29 is 13.2 Å². The Morgan fingerprint density at radius 2 is 1.85 bits per heavy atom. The molecule has 0 atom stereocenters. The summed E-state index contributed by atoms with van der Waals surface area (Å²) >= 11 is 0. The zero-order valence-electron chi connectivity index (χ0n) is 15.3. The van der Waals surface area contributed by atoms with Crippen molar-refractivity contribution in [1.82, 2.24) is 14.3 Å². The van der Waals surface area contributed by atoms with Crippen LogP contribution >= 0.6 is 0 Å². The highest BCUT2D eigenvalue weighted by molar-refractivity contribution is 7.89. The zero-order chi connectivity index (χ0) is 19.0. The highest BCUT2D eigenvalue weighted by Gasteiger charge is 2.29. The van der Waals surface area contributed by atoms with Crippen molar-refractivity contribution in [2.24, 2.45) is 0 Å². The molecular weight excluding hydrogens is 364 g/mol. The van der Waals surface area contributed by atoms with Gasteiger partial charge in [-0.15, -0.1) is 0 Å². The van der Waals surface area contributed by atoms with Gasteiger partial charge in [0.2, 0.25) is 16.0 Å². The van der Waals surface area contributed by atoms with Gasteiger partial charge in [0.05, 0.1) is 23.0 Å². The van der Waals surface area contributed by atoms with E-state index in [1.165, 1.54) is 17.0 Å². The van der Waals surface area contributed by atoms with Crippen LogP contribution in [0, 0.1) is 6.92 Å². The molecule has 0 spiro atoms. The van der Waals surface area contributed by atoms with Gasteiger partial charge in [0, 0.05) is 32.2 Å². The van der Waals surface area contributed by atoms with E-state index in [1.54, 1.807) is 24.3 Å². The van der Waals surface area contributed by atoms with Crippen molar-refractivity contribution in [2.45, 2.75) is 11.8 Å². The summed E-state index contributed by atoms with van der Waals surface area (Å²) in [6.45, 7) is 4.04. The fourth-order valence-electron chi connectivity index (χ4n) is 3.31. The summed E-state index contributed by atoms with van der Waals surface area (Å²) < 4.78 is 32.5. The summed E-state index contributed by atoms with van der Waals surface area (Å²) in [6.07, 6.45) is 0. The Balaban J connectivity index is 1.50. The Bertz CT molecular complexity index is 1070. The normalized spacial score (nSPS) is 16.0. The maximum Gasteiger partial charge on any atom is 0.243 e.